The maximum absolute atomic E-state index is 3.91. The van der Waals surface area contributed by atoms with E-state index in [0.717, 1.165) is 18.7 Å². The highest BCUT2D eigenvalue weighted by Crippen LogP contribution is 2.07. The first kappa shape index (κ1) is 13.7. The van der Waals surface area contributed by atoms with E-state index in [0.29, 0.717) is 0 Å². The van der Waals surface area contributed by atoms with Crippen LogP contribution in [0.4, 0.5) is 0 Å². The van der Waals surface area contributed by atoms with Crippen molar-refractivity contribution in [2.45, 2.75) is 20.3 Å². The average Bonchev–Trinajstić information content (AvgIpc) is 2.09. The Morgan fingerprint density at radius 2 is 1.83 bits per heavy atom. The van der Waals surface area contributed by atoms with Crippen molar-refractivity contribution < 1.29 is 0 Å². The second-order valence-corrected chi connectivity index (χ2v) is 2.46. The molecule has 0 radical (unpaired) electrons. The number of nitrogens with zero attached hydrogens (tertiary/aromatic N) is 1. The van der Waals surface area contributed by atoms with E-state index in [1.54, 1.807) is 0 Å². The first-order valence-corrected chi connectivity index (χ1v) is 4.00. The van der Waals surface area contributed by atoms with E-state index in [4.69, 9.17) is 0 Å². The summed E-state index contributed by atoms with van der Waals surface area (Å²) in [6.45, 7) is 14.6. The number of hydrogen-bond donors (Lipinski definition) is 1. The van der Waals surface area contributed by atoms with E-state index in [-0.39, 0.29) is 0 Å². The van der Waals surface area contributed by atoms with Crippen LogP contribution >= 0.6 is 0 Å². The molecule has 0 aliphatic rings. The fraction of sp³-hybridized carbons (Fsp3) is 0.500. The molecule has 0 amide bonds. The quantitative estimate of drug-likeness (QED) is 0.506. The third-order valence-corrected chi connectivity index (χ3v) is 1.38. The minimum atomic E-state index is 0.972. The summed E-state index contributed by atoms with van der Waals surface area (Å²) in [5, 5.41) is 3.07. The van der Waals surface area contributed by atoms with Crippen LogP contribution in [0.5, 0.6) is 0 Å². The van der Waals surface area contributed by atoms with Gasteiger partial charge in [-0.15, -0.1) is 13.2 Å². The summed E-state index contributed by atoms with van der Waals surface area (Å²) in [5.74, 6) is 0. The van der Waals surface area contributed by atoms with Crippen LogP contribution in [-0.4, -0.2) is 20.3 Å². The fourth-order valence-corrected chi connectivity index (χ4v) is 0.731. The number of allylic oxidation sites excluding steroid dienone is 1. The van der Waals surface area contributed by atoms with Crippen molar-refractivity contribution in [3.8, 4) is 0 Å². The van der Waals surface area contributed by atoms with Gasteiger partial charge in [-0.05, 0) is 27.6 Å². The summed E-state index contributed by atoms with van der Waals surface area (Å²) in [6, 6.07) is 0. The van der Waals surface area contributed by atoms with Crippen LogP contribution in [0.15, 0.2) is 29.4 Å². The molecule has 0 fully saturated rings. The zero-order valence-corrected chi connectivity index (χ0v) is 8.48. The van der Waals surface area contributed by atoms with Gasteiger partial charge < -0.3 is 5.32 Å². The average molecular weight is 168 g/mol. The second-order valence-electron chi connectivity index (χ2n) is 2.46. The van der Waals surface area contributed by atoms with E-state index in [9.17, 15) is 0 Å². The molecular formula is C10H20N2. The topological polar surface area (TPSA) is 24.4 Å². The van der Waals surface area contributed by atoms with Crippen molar-refractivity contribution >= 4 is 6.72 Å². The molecule has 0 aromatic rings. The smallest absolute Gasteiger partial charge is 0.0395 e. The normalized spacial score (nSPS) is 7.92. The molecular weight excluding hydrogens is 148 g/mol. The molecule has 0 aliphatic heterocycles. The Balaban J connectivity index is 0. The van der Waals surface area contributed by atoms with Gasteiger partial charge >= 0.3 is 0 Å². The lowest BCUT2D eigenvalue weighted by Crippen LogP contribution is -2.08. The molecule has 0 saturated heterocycles. The largest absolute Gasteiger partial charge is 0.319 e. The van der Waals surface area contributed by atoms with E-state index >= 15 is 0 Å². The van der Waals surface area contributed by atoms with E-state index in [1.165, 1.54) is 5.57 Å². The summed E-state index contributed by atoms with van der Waals surface area (Å²) in [5.41, 5.74) is 2.36. The van der Waals surface area contributed by atoms with Gasteiger partial charge in [0.1, 0.15) is 0 Å². The Labute approximate surface area is 76.1 Å². The monoisotopic (exact) mass is 168 g/mol. The van der Waals surface area contributed by atoms with Gasteiger partial charge in [0.15, 0.2) is 0 Å². The molecule has 1 N–H and O–H groups in total. The van der Waals surface area contributed by atoms with Gasteiger partial charge in [-0.1, -0.05) is 5.57 Å². The van der Waals surface area contributed by atoms with Gasteiger partial charge in [-0.3, -0.25) is 4.99 Å². The summed E-state index contributed by atoms with van der Waals surface area (Å²) >= 11 is 0. The van der Waals surface area contributed by atoms with Crippen molar-refractivity contribution in [3.05, 3.63) is 24.4 Å². The Kier molecular flexibility index (Phi) is 11.5. The van der Waals surface area contributed by atoms with Crippen LogP contribution in [0.2, 0.25) is 0 Å². The lowest BCUT2D eigenvalue weighted by atomic mass is 10.2. The Morgan fingerprint density at radius 3 is 2.08 bits per heavy atom. The maximum atomic E-state index is 3.91. The second kappa shape index (κ2) is 10.1. The van der Waals surface area contributed by atoms with Crippen LogP contribution < -0.4 is 5.32 Å². The summed E-state index contributed by atoms with van der Waals surface area (Å²) in [6.07, 6.45) is 0.975. The minimum absolute atomic E-state index is 0.972. The summed E-state index contributed by atoms with van der Waals surface area (Å²) < 4.78 is 0. The van der Waals surface area contributed by atoms with Crippen LogP contribution in [0, 0.1) is 0 Å². The van der Waals surface area contributed by atoms with Crippen molar-refractivity contribution in [1.82, 2.24) is 5.32 Å². The third-order valence-electron chi connectivity index (χ3n) is 1.38. The minimum Gasteiger partial charge on any atom is -0.319 e. The lowest BCUT2D eigenvalue weighted by Gasteiger charge is -2.01. The third kappa shape index (κ3) is 7.22. The lowest BCUT2D eigenvalue weighted by molar-refractivity contribution is 0.775. The molecule has 0 aromatic carbocycles. The maximum Gasteiger partial charge on any atom is 0.0395 e. The van der Waals surface area contributed by atoms with E-state index < -0.39 is 0 Å². The van der Waals surface area contributed by atoms with Gasteiger partial charge in [0, 0.05) is 18.7 Å². The molecule has 12 heavy (non-hydrogen) atoms. The van der Waals surface area contributed by atoms with Gasteiger partial charge in [0.2, 0.25) is 0 Å². The zero-order chi connectivity index (χ0) is 9.98. The van der Waals surface area contributed by atoms with Crippen molar-refractivity contribution in [2.75, 3.05) is 13.6 Å². The van der Waals surface area contributed by atoms with Gasteiger partial charge in [-0.25, -0.2) is 0 Å². The van der Waals surface area contributed by atoms with Gasteiger partial charge in [0.05, 0.1) is 0 Å². The molecule has 2 nitrogen and oxygen atoms in total. The Hall–Kier alpha value is -0.890. The highest BCUT2D eigenvalue weighted by atomic mass is 14.8. The van der Waals surface area contributed by atoms with Crippen molar-refractivity contribution in [2.24, 2.45) is 4.99 Å². The van der Waals surface area contributed by atoms with Crippen LogP contribution in [0.1, 0.15) is 20.3 Å². The molecule has 0 unspecified atom stereocenters. The molecule has 0 spiro atoms. The summed E-state index contributed by atoms with van der Waals surface area (Å²) in [4.78, 5) is 3.91. The molecule has 0 heterocycles. The van der Waals surface area contributed by atoms with Crippen LogP contribution in [-0.2, 0) is 0 Å². The molecule has 0 saturated carbocycles. The number of rotatable bonds is 4. The SMILES string of the molecule is C=C.C=NC(CCNC)=C(C)C. The predicted molar refractivity (Wildman–Crippen MR) is 57.7 cm³/mol. The predicted octanol–water partition coefficient (Wildman–Crippen LogP) is 2.39. The van der Waals surface area contributed by atoms with Gasteiger partial charge in [-0.2, -0.15) is 0 Å². The molecule has 0 aliphatic carbocycles. The van der Waals surface area contributed by atoms with E-state index in [2.05, 4.69) is 44.0 Å². The molecule has 70 valence electrons. The summed E-state index contributed by atoms with van der Waals surface area (Å²) in [7, 11) is 1.94. The molecule has 0 aromatic heterocycles. The van der Waals surface area contributed by atoms with Gasteiger partial charge in [0.25, 0.3) is 0 Å². The Morgan fingerprint density at radius 1 is 1.33 bits per heavy atom. The van der Waals surface area contributed by atoms with Crippen LogP contribution in [0.3, 0.4) is 0 Å². The number of nitrogens with one attached hydrogen (secondary N) is 1. The standard InChI is InChI=1S/C8H16N2.C2H4/c1-7(2)8(10-4)5-6-9-3;1-2/h9H,4-6H2,1-3H3;1-2H2. The van der Waals surface area contributed by atoms with Crippen LogP contribution in [0.25, 0.3) is 0 Å². The molecule has 0 bridgehead atoms. The van der Waals surface area contributed by atoms with Crippen molar-refractivity contribution in [1.29, 1.82) is 0 Å². The molecule has 2 heteroatoms. The number of aliphatic imine (C=N–C) groups is 1. The number of hydrogen-bond acceptors (Lipinski definition) is 2. The zero-order valence-electron chi connectivity index (χ0n) is 8.48. The first-order valence-electron chi connectivity index (χ1n) is 4.00. The van der Waals surface area contributed by atoms with E-state index in [1.807, 2.05) is 7.05 Å². The molecule has 0 atom stereocenters. The highest BCUT2D eigenvalue weighted by Gasteiger charge is 1.93. The first-order chi connectivity index (χ1) is 5.72. The highest BCUT2D eigenvalue weighted by molar-refractivity contribution is 5.30. The van der Waals surface area contributed by atoms with Crippen molar-refractivity contribution in [3.63, 3.8) is 0 Å². The fourth-order valence-electron chi connectivity index (χ4n) is 0.731. The Bertz CT molecular complexity index is 144. The molecule has 0 rings (SSSR count).